The van der Waals surface area contributed by atoms with E-state index < -0.39 is 15.7 Å². The maximum atomic E-state index is 12.2. The number of amides is 1. The van der Waals surface area contributed by atoms with E-state index in [1.807, 2.05) is 20.8 Å². The van der Waals surface area contributed by atoms with E-state index in [4.69, 9.17) is 18.4 Å². The average Bonchev–Trinajstić information content (AvgIpc) is 2.42. The standard InChI is InChI=1S/C15H29NO7S/c1-15(2,3)23-14(17)16-8-6-12(7-9-22-24(5,18)19)13(10-16)21-11-20-4/h12-13H,6-11H2,1-5H3/t12-,13-/m0/s1. The molecule has 142 valence electrons. The number of nitrogens with zero attached hydrogens (tertiary/aromatic N) is 1. The molecule has 0 aromatic heterocycles. The molecule has 1 fully saturated rings. The molecule has 0 unspecified atom stereocenters. The topological polar surface area (TPSA) is 91.4 Å². The third-order valence-corrected chi connectivity index (χ3v) is 4.13. The van der Waals surface area contributed by atoms with Gasteiger partial charge in [0.05, 0.1) is 25.5 Å². The largest absolute Gasteiger partial charge is 0.444 e. The minimum absolute atomic E-state index is 0.0839. The third-order valence-electron chi connectivity index (χ3n) is 3.53. The smallest absolute Gasteiger partial charge is 0.410 e. The molecule has 0 spiro atoms. The molecule has 8 nitrogen and oxygen atoms in total. The lowest BCUT2D eigenvalue weighted by atomic mass is 9.91. The van der Waals surface area contributed by atoms with Crippen molar-refractivity contribution in [3.8, 4) is 0 Å². The Morgan fingerprint density at radius 3 is 2.50 bits per heavy atom. The number of rotatable bonds is 7. The molecule has 0 radical (unpaired) electrons. The number of ether oxygens (including phenoxy) is 3. The molecule has 1 aliphatic heterocycles. The van der Waals surface area contributed by atoms with Crippen molar-refractivity contribution in [2.45, 2.75) is 45.3 Å². The Labute approximate surface area is 144 Å². The van der Waals surface area contributed by atoms with Crippen molar-refractivity contribution in [2.24, 2.45) is 5.92 Å². The summed E-state index contributed by atoms with van der Waals surface area (Å²) in [6, 6.07) is 0. The molecule has 0 aliphatic carbocycles. The molecule has 0 saturated carbocycles. The van der Waals surface area contributed by atoms with Crippen LogP contribution in [0.15, 0.2) is 0 Å². The number of carbonyl (C=O) groups excluding carboxylic acids is 1. The first-order valence-corrected chi connectivity index (χ1v) is 9.76. The summed E-state index contributed by atoms with van der Waals surface area (Å²) in [5, 5.41) is 0. The number of likely N-dealkylation sites (tertiary alicyclic amines) is 1. The average molecular weight is 367 g/mol. The summed E-state index contributed by atoms with van der Waals surface area (Å²) in [6.07, 6.45) is 1.61. The highest BCUT2D eigenvalue weighted by Gasteiger charge is 2.34. The van der Waals surface area contributed by atoms with Crippen LogP contribution in [0.4, 0.5) is 4.79 Å². The van der Waals surface area contributed by atoms with Crippen LogP contribution in [0, 0.1) is 5.92 Å². The molecule has 1 aliphatic rings. The Bertz CT molecular complexity index is 500. The first kappa shape index (κ1) is 21.1. The van der Waals surface area contributed by atoms with Crippen LogP contribution in [0.3, 0.4) is 0 Å². The van der Waals surface area contributed by atoms with Crippen molar-refractivity contribution in [3.63, 3.8) is 0 Å². The normalized spacial score (nSPS) is 22.5. The fourth-order valence-electron chi connectivity index (χ4n) is 2.48. The van der Waals surface area contributed by atoms with E-state index in [0.717, 1.165) is 6.26 Å². The van der Waals surface area contributed by atoms with Crippen LogP contribution in [0.25, 0.3) is 0 Å². The van der Waals surface area contributed by atoms with Crippen LogP contribution in [-0.4, -0.2) is 71.0 Å². The summed E-state index contributed by atoms with van der Waals surface area (Å²) >= 11 is 0. The molecule has 1 amide bonds. The lowest BCUT2D eigenvalue weighted by molar-refractivity contribution is -0.115. The van der Waals surface area contributed by atoms with Crippen LogP contribution < -0.4 is 0 Å². The highest BCUT2D eigenvalue weighted by Crippen LogP contribution is 2.25. The fourth-order valence-corrected chi connectivity index (χ4v) is 2.88. The first-order valence-electron chi connectivity index (χ1n) is 7.94. The Hall–Kier alpha value is -0.900. The van der Waals surface area contributed by atoms with E-state index in [0.29, 0.717) is 25.9 Å². The first-order chi connectivity index (χ1) is 11.0. The highest BCUT2D eigenvalue weighted by atomic mass is 32.2. The number of hydrogen-bond donors (Lipinski definition) is 0. The Kier molecular flexibility index (Phi) is 7.91. The van der Waals surface area contributed by atoms with Gasteiger partial charge in [-0.2, -0.15) is 8.42 Å². The molecule has 0 N–H and O–H groups in total. The van der Waals surface area contributed by atoms with Crippen LogP contribution in [0.5, 0.6) is 0 Å². The molecule has 1 rings (SSSR count). The summed E-state index contributed by atoms with van der Waals surface area (Å²) < 4.78 is 42.9. The van der Waals surface area contributed by atoms with Crippen LogP contribution in [-0.2, 0) is 28.5 Å². The van der Waals surface area contributed by atoms with Crippen LogP contribution in [0.2, 0.25) is 0 Å². The monoisotopic (exact) mass is 367 g/mol. The summed E-state index contributed by atoms with van der Waals surface area (Å²) in [7, 11) is -1.93. The Morgan fingerprint density at radius 2 is 1.96 bits per heavy atom. The van der Waals surface area contributed by atoms with E-state index in [2.05, 4.69) is 0 Å². The zero-order chi connectivity index (χ0) is 18.4. The van der Waals surface area contributed by atoms with Gasteiger partial charge in [0.2, 0.25) is 0 Å². The minimum Gasteiger partial charge on any atom is -0.444 e. The maximum Gasteiger partial charge on any atom is 0.410 e. The van der Waals surface area contributed by atoms with Gasteiger partial charge < -0.3 is 19.1 Å². The van der Waals surface area contributed by atoms with Crippen molar-refractivity contribution in [2.75, 3.05) is 39.9 Å². The number of hydrogen-bond acceptors (Lipinski definition) is 7. The van der Waals surface area contributed by atoms with Gasteiger partial charge in [-0.3, -0.25) is 4.18 Å². The zero-order valence-corrected chi connectivity index (χ0v) is 15.9. The molecule has 1 heterocycles. The number of methoxy groups -OCH3 is 1. The number of piperidine rings is 1. The van der Waals surface area contributed by atoms with Gasteiger partial charge in [0.15, 0.2) is 0 Å². The van der Waals surface area contributed by atoms with E-state index >= 15 is 0 Å². The summed E-state index contributed by atoms with van der Waals surface area (Å²) in [5.74, 6) is 0.0839. The predicted molar refractivity (Wildman–Crippen MR) is 88.1 cm³/mol. The SMILES string of the molecule is COCO[C@H]1CN(C(=O)OC(C)(C)C)CC[C@H]1CCOS(C)(=O)=O. The fraction of sp³-hybridized carbons (Fsp3) is 0.933. The van der Waals surface area contributed by atoms with Crippen molar-refractivity contribution in [1.82, 2.24) is 4.90 Å². The second-order valence-electron chi connectivity index (χ2n) is 6.90. The lowest BCUT2D eigenvalue weighted by Gasteiger charge is -2.38. The van der Waals surface area contributed by atoms with Crippen LogP contribution >= 0.6 is 0 Å². The molecule has 24 heavy (non-hydrogen) atoms. The lowest BCUT2D eigenvalue weighted by Crippen LogP contribution is -2.49. The molecule has 1 saturated heterocycles. The van der Waals surface area contributed by atoms with E-state index in [-0.39, 0.29) is 31.5 Å². The molecule has 0 aromatic carbocycles. The molecule has 2 atom stereocenters. The van der Waals surface area contributed by atoms with Crippen molar-refractivity contribution < 1.29 is 31.6 Å². The Morgan fingerprint density at radius 1 is 1.29 bits per heavy atom. The molecule has 0 aromatic rings. The highest BCUT2D eigenvalue weighted by molar-refractivity contribution is 7.85. The van der Waals surface area contributed by atoms with E-state index in [1.165, 1.54) is 7.11 Å². The van der Waals surface area contributed by atoms with Gasteiger partial charge in [-0.15, -0.1) is 0 Å². The molecule has 0 bridgehead atoms. The molecular weight excluding hydrogens is 338 g/mol. The van der Waals surface area contributed by atoms with Crippen LogP contribution in [0.1, 0.15) is 33.6 Å². The zero-order valence-electron chi connectivity index (χ0n) is 15.1. The van der Waals surface area contributed by atoms with Gasteiger partial charge in [-0.1, -0.05) is 0 Å². The minimum atomic E-state index is -3.45. The predicted octanol–water partition coefficient (Wildman–Crippen LogP) is 1.60. The summed E-state index contributed by atoms with van der Waals surface area (Å²) in [6.45, 7) is 6.57. The van der Waals surface area contributed by atoms with Gasteiger partial charge in [0.1, 0.15) is 12.4 Å². The second kappa shape index (κ2) is 8.98. The van der Waals surface area contributed by atoms with E-state index in [1.54, 1.807) is 4.90 Å². The van der Waals surface area contributed by atoms with E-state index in [9.17, 15) is 13.2 Å². The van der Waals surface area contributed by atoms with Crippen molar-refractivity contribution >= 4 is 16.2 Å². The molecular formula is C15H29NO7S. The van der Waals surface area contributed by atoms with Crippen molar-refractivity contribution in [1.29, 1.82) is 0 Å². The second-order valence-corrected chi connectivity index (χ2v) is 8.55. The van der Waals surface area contributed by atoms with Gasteiger partial charge in [0, 0.05) is 13.7 Å². The Balaban J connectivity index is 2.61. The van der Waals surface area contributed by atoms with Gasteiger partial charge >= 0.3 is 6.09 Å². The van der Waals surface area contributed by atoms with Gasteiger partial charge in [0.25, 0.3) is 10.1 Å². The van der Waals surface area contributed by atoms with Gasteiger partial charge in [-0.25, -0.2) is 4.79 Å². The third kappa shape index (κ3) is 8.27. The number of carbonyl (C=O) groups is 1. The van der Waals surface area contributed by atoms with Gasteiger partial charge in [-0.05, 0) is 39.5 Å². The quantitative estimate of drug-likeness (QED) is 0.498. The molecule has 9 heteroatoms. The summed E-state index contributed by atoms with van der Waals surface area (Å²) in [5.41, 5.74) is -0.555. The maximum absolute atomic E-state index is 12.2. The van der Waals surface area contributed by atoms with Crippen molar-refractivity contribution in [3.05, 3.63) is 0 Å². The summed E-state index contributed by atoms with van der Waals surface area (Å²) in [4.78, 5) is 13.8.